The number of aliphatic hydroxyl groups excluding tert-OH is 1. The van der Waals surface area contributed by atoms with Gasteiger partial charge in [0, 0.05) is 0 Å². The molecular formula is C12H18FN4O13P3. The van der Waals surface area contributed by atoms with E-state index in [1.165, 1.54) is 12.1 Å². The highest BCUT2D eigenvalue weighted by atomic mass is 31.3. The lowest BCUT2D eigenvalue weighted by molar-refractivity contribution is -0.0243. The number of halogens is 1. The van der Waals surface area contributed by atoms with Crippen LogP contribution in [0.15, 0.2) is 16.9 Å². The molecule has 6 atom stereocenters. The summed E-state index contributed by atoms with van der Waals surface area (Å²) >= 11 is 0. The normalized spacial score (nSPS) is 29.7. The molecule has 3 heterocycles. The van der Waals surface area contributed by atoms with Crippen molar-refractivity contribution in [2.75, 3.05) is 12.3 Å². The van der Waals surface area contributed by atoms with Gasteiger partial charge in [-0.1, -0.05) is 0 Å². The number of aliphatic hydroxyl groups is 1. The van der Waals surface area contributed by atoms with Gasteiger partial charge >= 0.3 is 23.5 Å². The Labute approximate surface area is 182 Å². The topological polar surface area (TPSA) is 265 Å². The number of hydrogen-bond acceptors (Lipinski definition) is 11. The van der Waals surface area contributed by atoms with E-state index in [4.69, 9.17) is 25.2 Å². The van der Waals surface area contributed by atoms with E-state index in [0.717, 1.165) is 11.4 Å². The second kappa shape index (κ2) is 8.61. The van der Waals surface area contributed by atoms with Crippen LogP contribution in [0.4, 0.5) is 10.3 Å². The molecule has 0 amide bonds. The summed E-state index contributed by atoms with van der Waals surface area (Å²) in [5, 5.41) is 14.2. The molecule has 1 aliphatic rings. The number of nitrogens with zero attached hydrogens (tertiary/aromatic N) is 2. The fraction of sp³-hybridized carbons (Fsp3) is 0.500. The molecule has 1 saturated heterocycles. The van der Waals surface area contributed by atoms with Crippen LogP contribution in [0.25, 0.3) is 5.52 Å². The van der Waals surface area contributed by atoms with Crippen LogP contribution in [-0.4, -0.2) is 63.8 Å². The van der Waals surface area contributed by atoms with Gasteiger partial charge in [-0.15, -0.1) is 5.10 Å². The van der Waals surface area contributed by atoms with Gasteiger partial charge in [0.2, 0.25) is 5.95 Å². The fourth-order valence-corrected chi connectivity index (χ4v) is 6.13. The number of aromatic amines is 1. The average Bonchev–Trinajstić information content (AvgIpc) is 3.10. The Morgan fingerprint density at radius 2 is 1.88 bits per heavy atom. The highest BCUT2D eigenvalue weighted by molar-refractivity contribution is 7.66. The molecule has 0 saturated carbocycles. The van der Waals surface area contributed by atoms with E-state index in [1.807, 2.05) is 0 Å². The maximum Gasteiger partial charge on any atom is 0.490 e. The van der Waals surface area contributed by atoms with E-state index >= 15 is 4.39 Å². The number of nitrogen functional groups attached to an aromatic ring is 1. The molecule has 2 aromatic heterocycles. The predicted molar refractivity (Wildman–Crippen MR) is 103 cm³/mol. The molecule has 2 aromatic rings. The van der Waals surface area contributed by atoms with Crippen LogP contribution < -0.4 is 11.3 Å². The van der Waals surface area contributed by atoms with Crippen LogP contribution in [0, 0.1) is 0 Å². The third-order valence-electron chi connectivity index (χ3n) is 4.41. The predicted octanol–water partition coefficient (Wildman–Crippen LogP) is -0.523. The van der Waals surface area contributed by atoms with Crippen LogP contribution in [0.3, 0.4) is 0 Å². The number of phosphoric acid groups is 3. The molecule has 17 nitrogen and oxygen atoms in total. The Bertz CT molecular complexity index is 1260. The van der Waals surface area contributed by atoms with E-state index in [9.17, 15) is 28.5 Å². The number of hydrogen-bond donors (Lipinski definition) is 7. The number of aromatic nitrogens is 3. The van der Waals surface area contributed by atoms with Gasteiger partial charge in [-0.2, -0.15) is 8.62 Å². The van der Waals surface area contributed by atoms with Crippen LogP contribution in [0.5, 0.6) is 0 Å². The Balaban J connectivity index is 1.78. The Morgan fingerprint density at radius 1 is 1.24 bits per heavy atom. The molecule has 0 spiro atoms. The third-order valence-corrected chi connectivity index (χ3v) is 8.21. The zero-order valence-electron chi connectivity index (χ0n) is 16.3. The molecule has 2 unspecified atom stereocenters. The second-order valence-electron chi connectivity index (χ2n) is 6.93. The third kappa shape index (κ3) is 5.77. The molecule has 186 valence electrons. The van der Waals surface area contributed by atoms with E-state index in [1.54, 1.807) is 0 Å². The van der Waals surface area contributed by atoms with E-state index in [-0.39, 0.29) is 17.2 Å². The summed E-state index contributed by atoms with van der Waals surface area (Å²) in [6.07, 6.45) is -5.22. The van der Waals surface area contributed by atoms with Crippen molar-refractivity contribution in [3.8, 4) is 0 Å². The standard InChI is InChI=1S/C12H18FN4O13P3/c1-12(13)8(18)7(4-27-32(23,24)30-33(25,26)29-31(20,21)22)28-9(12)5-2-3-6-10(19)15-11(14)16-17(5)6/h2-3,7-9,18H,4H2,1H3,(H,23,24)(H,25,26)(H2,20,21,22)(H3,14,15,16,19)/t7-,8-,9+,12-/m1/s1. The summed E-state index contributed by atoms with van der Waals surface area (Å²) in [6.45, 7) is -0.149. The number of anilines is 1. The highest BCUT2D eigenvalue weighted by Crippen LogP contribution is 2.66. The summed E-state index contributed by atoms with van der Waals surface area (Å²) in [6, 6.07) is 2.56. The summed E-state index contributed by atoms with van der Waals surface area (Å²) in [4.78, 5) is 49.9. The highest BCUT2D eigenvalue weighted by Gasteiger charge is 2.56. The van der Waals surface area contributed by atoms with Crippen LogP contribution >= 0.6 is 23.5 Å². The number of phosphoric ester groups is 1. The first-order valence-corrected chi connectivity index (χ1v) is 13.1. The Morgan fingerprint density at radius 3 is 2.48 bits per heavy atom. The largest absolute Gasteiger partial charge is 0.490 e. The van der Waals surface area contributed by atoms with E-state index in [0.29, 0.717) is 0 Å². The van der Waals surface area contributed by atoms with Crippen molar-refractivity contribution < 1.29 is 60.6 Å². The zero-order chi connectivity index (χ0) is 25.0. The van der Waals surface area contributed by atoms with Crippen LogP contribution in [-0.2, 0) is 31.6 Å². The van der Waals surface area contributed by atoms with Gasteiger partial charge in [-0.3, -0.25) is 14.3 Å². The molecule has 0 bridgehead atoms. The van der Waals surface area contributed by atoms with Crippen molar-refractivity contribution in [2.45, 2.75) is 30.9 Å². The number of nitrogens with two attached hydrogens (primary N) is 1. The van der Waals surface area contributed by atoms with Crippen molar-refractivity contribution in [3.63, 3.8) is 0 Å². The Hall–Kier alpha value is -1.52. The summed E-state index contributed by atoms with van der Waals surface area (Å²) in [5.41, 5.74) is 2.22. The van der Waals surface area contributed by atoms with Crippen LogP contribution in [0.1, 0.15) is 18.7 Å². The molecular weight excluding hydrogens is 520 g/mol. The Kier molecular flexibility index (Phi) is 6.80. The first kappa shape index (κ1) is 26.1. The van der Waals surface area contributed by atoms with Gasteiger partial charge in [0.05, 0.1) is 12.3 Å². The van der Waals surface area contributed by atoms with E-state index in [2.05, 4.69) is 23.2 Å². The first-order chi connectivity index (χ1) is 14.9. The fourth-order valence-electron chi connectivity index (χ4n) is 3.10. The molecule has 33 heavy (non-hydrogen) atoms. The molecule has 0 radical (unpaired) electrons. The van der Waals surface area contributed by atoms with Gasteiger partial charge < -0.3 is 35.2 Å². The maximum atomic E-state index is 15.3. The molecule has 21 heteroatoms. The minimum atomic E-state index is -5.76. The summed E-state index contributed by atoms with van der Waals surface area (Å²) < 4.78 is 67.1. The second-order valence-corrected chi connectivity index (χ2v) is 11.4. The number of nitrogens with one attached hydrogen (secondary N) is 1. The van der Waals surface area contributed by atoms with Gasteiger partial charge in [0.1, 0.15) is 23.8 Å². The maximum absolute atomic E-state index is 15.3. The van der Waals surface area contributed by atoms with Crippen molar-refractivity contribution in [1.29, 1.82) is 0 Å². The monoisotopic (exact) mass is 538 g/mol. The number of fused-ring (bicyclic) bond motifs is 1. The zero-order valence-corrected chi connectivity index (χ0v) is 19.0. The lowest BCUT2D eigenvalue weighted by Crippen LogP contribution is -2.39. The lowest BCUT2D eigenvalue weighted by Gasteiger charge is -2.23. The summed E-state index contributed by atoms with van der Waals surface area (Å²) in [7, 11) is -16.9. The average molecular weight is 538 g/mol. The molecule has 8 N–H and O–H groups in total. The van der Waals surface area contributed by atoms with Crippen molar-refractivity contribution in [3.05, 3.63) is 28.2 Å². The molecule has 1 fully saturated rings. The van der Waals surface area contributed by atoms with Crippen LogP contribution in [0.2, 0.25) is 0 Å². The number of H-pyrrole nitrogens is 1. The van der Waals surface area contributed by atoms with Crippen molar-refractivity contribution >= 4 is 34.9 Å². The van der Waals surface area contributed by atoms with Gasteiger partial charge in [-0.05, 0) is 19.1 Å². The van der Waals surface area contributed by atoms with E-state index < -0.39 is 59.6 Å². The van der Waals surface area contributed by atoms with Crippen molar-refractivity contribution in [1.82, 2.24) is 14.6 Å². The minimum absolute atomic E-state index is 0.0233. The SMILES string of the molecule is C[C@@]1(F)[C@H](O)[C@@H](COP(=O)(O)OP(=O)(O)OP(=O)(O)O)O[C@H]1c1ccc2c(=O)[nH]c(N)nn12. The molecule has 0 aliphatic carbocycles. The van der Waals surface area contributed by atoms with Gasteiger partial charge in [0.15, 0.2) is 5.67 Å². The van der Waals surface area contributed by atoms with Crippen molar-refractivity contribution in [2.24, 2.45) is 0 Å². The number of ether oxygens (including phenoxy) is 1. The minimum Gasteiger partial charge on any atom is -0.387 e. The number of alkyl halides is 1. The first-order valence-electron chi connectivity index (χ1n) is 8.60. The smallest absolute Gasteiger partial charge is 0.387 e. The molecule has 0 aromatic carbocycles. The lowest BCUT2D eigenvalue weighted by atomic mass is 9.93. The summed E-state index contributed by atoms with van der Waals surface area (Å²) in [5.74, 6) is -0.298. The molecule has 3 rings (SSSR count). The quantitative estimate of drug-likeness (QED) is 0.208. The van der Waals surface area contributed by atoms with Gasteiger partial charge in [-0.25, -0.2) is 22.6 Å². The molecule has 1 aliphatic heterocycles. The van der Waals surface area contributed by atoms with Gasteiger partial charge in [0.25, 0.3) is 5.56 Å². The number of rotatable bonds is 8.